The molecule has 0 unspecified atom stereocenters. The van der Waals surface area contributed by atoms with Crippen molar-refractivity contribution in [1.29, 1.82) is 0 Å². The highest BCUT2D eigenvalue weighted by atomic mass is 16.5. The first-order chi connectivity index (χ1) is 5.75. The zero-order valence-corrected chi connectivity index (χ0v) is 6.82. The SMILES string of the molecule is O=C(O)[C@@H]1C[C@@H](OC2CC2)CN1. The van der Waals surface area contributed by atoms with Gasteiger partial charge in [0.15, 0.2) is 0 Å². The van der Waals surface area contributed by atoms with E-state index >= 15 is 0 Å². The van der Waals surface area contributed by atoms with Gasteiger partial charge in [-0.1, -0.05) is 0 Å². The van der Waals surface area contributed by atoms with Crippen molar-refractivity contribution >= 4 is 5.97 Å². The highest BCUT2D eigenvalue weighted by Gasteiger charge is 2.33. The number of aliphatic carboxylic acids is 1. The summed E-state index contributed by atoms with van der Waals surface area (Å²) in [5.41, 5.74) is 0. The molecule has 1 heterocycles. The Bertz CT molecular complexity index is 191. The van der Waals surface area contributed by atoms with Crippen molar-refractivity contribution in [3.05, 3.63) is 0 Å². The van der Waals surface area contributed by atoms with Gasteiger partial charge in [-0.2, -0.15) is 0 Å². The van der Waals surface area contributed by atoms with Gasteiger partial charge in [0.05, 0.1) is 12.2 Å². The molecule has 1 aliphatic carbocycles. The zero-order chi connectivity index (χ0) is 8.55. The number of carboxylic acids is 1. The molecule has 0 aromatic carbocycles. The Morgan fingerprint density at radius 2 is 2.17 bits per heavy atom. The van der Waals surface area contributed by atoms with E-state index in [1.54, 1.807) is 0 Å². The van der Waals surface area contributed by atoms with Gasteiger partial charge in [0.2, 0.25) is 0 Å². The molecule has 0 spiro atoms. The molecule has 2 fully saturated rings. The van der Waals surface area contributed by atoms with Gasteiger partial charge in [0.1, 0.15) is 6.04 Å². The van der Waals surface area contributed by atoms with Crippen LogP contribution in [0.15, 0.2) is 0 Å². The first-order valence-corrected chi connectivity index (χ1v) is 4.37. The summed E-state index contributed by atoms with van der Waals surface area (Å²) in [6.07, 6.45) is 3.46. The molecular weight excluding hydrogens is 158 g/mol. The molecule has 0 radical (unpaired) electrons. The van der Waals surface area contributed by atoms with Crippen molar-refractivity contribution in [2.24, 2.45) is 0 Å². The fourth-order valence-electron chi connectivity index (χ4n) is 1.47. The molecule has 1 aliphatic heterocycles. The summed E-state index contributed by atoms with van der Waals surface area (Å²) in [4.78, 5) is 10.5. The number of carbonyl (C=O) groups is 1. The molecule has 2 rings (SSSR count). The number of ether oxygens (including phenoxy) is 1. The maximum Gasteiger partial charge on any atom is 0.320 e. The van der Waals surface area contributed by atoms with E-state index in [9.17, 15) is 4.79 Å². The number of nitrogens with one attached hydrogen (secondary N) is 1. The average Bonchev–Trinajstić information content (AvgIpc) is 2.66. The van der Waals surface area contributed by atoms with E-state index < -0.39 is 12.0 Å². The molecule has 2 N–H and O–H groups in total. The smallest absolute Gasteiger partial charge is 0.320 e. The van der Waals surface area contributed by atoms with Gasteiger partial charge in [-0.15, -0.1) is 0 Å². The Labute approximate surface area is 70.9 Å². The van der Waals surface area contributed by atoms with Crippen LogP contribution in [0.2, 0.25) is 0 Å². The Kier molecular flexibility index (Phi) is 2.02. The van der Waals surface area contributed by atoms with Crippen LogP contribution < -0.4 is 5.32 Å². The van der Waals surface area contributed by atoms with E-state index in [0.29, 0.717) is 19.1 Å². The quantitative estimate of drug-likeness (QED) is 0.626. The van der Waals surface area contributed by atoms with Gasteiger partial charge in [-0.3, -0.25) is 4.79 Å². The second-order valence-electron chi connectivity index (χ2n) is 3.49. The lowest BCUT2D eigenvalue weighted by molar-refractivity contribution is -0.139. The monoisotopic (exact) mass is 171 g/mol. The van der Waals surface area contributed by atoms with Crippen LogP contribution >= 0.6 is 0 Å². The third kappa shape index (κ3) is 1.76. The topological polar surface area (TPSA) is 58.6 Å². The van der Waals surface area contributed by atoms with Crippen LogP contribution in [-0.2, 0) is 9.53 Å². The van der Waals surface area contributed by atoms with Crippen LogP contribution in [0.5, 0.6) is 0 Å². The Hall–Kier alpha value is -0.610. The molecule has 4 heteroatoms. The summed E-state index contributed by atoms with van der Waals surface area (Å²) < 4.78 is 5.58. The van der Waals surface area contributed by atoms with E-state index in [-0.39, 0.29) is 6.10 Å². The Morgan fingerprint density at radius 3 is 2.67 bits per heavy atom. The lowest BCUT2D eigenvalue weighted by Crippen LogP contribution is -2.29. The summed E-state index contributed by atoms with van der Waals surface area (Å²) in [5, 5.41) is 11.6. The molecule has 1 saturated heterocycles. The number of hydrogen-bond donors (Lipinski definition) is 2. The van der Waals surface area contributed by atoms with Gasteiger partial charge < -0.3 is 15.2 Å². The highest BCUT2D eigenvalue weighted by Crippen LogP contribution is 2.27. The normalized spacial score (nSPS) is 35.3. The molecule has 0 amide bonds. The summed E-state index contributed by atoms with van der Waals surface area (Å²) in [6, 6.07) is -0.395. The van der Waals surface area contributed by atoms with E-state index in [2.05, 4.69) is 5.32 Å². The van der Waals surface area contributed by atoms with Crippen LogP contribution in [0, 0.1) is 0 Å². The number of carboxylic acid groups (broad SMARTS) is 1. The van der Waals surface area contributed by atoms with Crippen LogP contribution in [0.1, 0.15) is 19.3 Å². The summed E-state index contributed by atoms with van der Waals surface area (Å²) in [7, 11) is 0. The van der Waals surface area contributed by atoms with Crippen molar-refractivity contribution in [1.82, 2.24) is 5.32 Å². The van der Waals surface area contributed by atoms with Crippen LogP contribution in [0.25, 0.3) is 0 Å². The first-order valence-electron chi connectivity index (χ1n) is 4.37. The third-order valence-electron chi connectivity index (χ3n) is 2.30. The lowest BCUT2D eigenvalue weighted by Gasteiger charge is -2.08. The van der Waals surface area contributed by atoms with Crippen molar-refractivity contribution in [3.8, 4) is 0 Å². The molecule has 68 valence electrons. The Morgan fingerprint density at radius 1 is 1.42 bits per heavy atom. The van der Waals surface area contributed by atoms with Gasteiger partial charge in [0.25, 0.3) is 0 Å². The molecule has 0 aromatic heterocycles. The van der Waals surface area contributed by atoms with E-state index in [1.807, 2.05) is 0 Å². The molecule has 4 nitrogen and oxygen atoms in total. The predicted molar refractivity (Wildman–Crippen MR) is 41.9 cm³/mol. The summed E-state index contributed by atoms with van der Waals surface area (Å²) >= 11 is 0. The fourth-order valence-corrected chi connectivity index (χ4v) is 1.47. The first kappa shape index (κ1) is 8.01. The van der Waals surface area contributed by atoms with Crippen molar-refractivity contribution in [2.75, 3.05) is 6.54 Å². The Balaban J connectivity index is 1.76. The standard InChI is InChI=1S/C8H13NO3/c10-8(11)7-3-6(4-9-7)12-5-1-2-5/h5-7,9H,1-4H2,(H,10,11)/t6-,7+/m1/s1. The minimum atomic E-state index is -0.767. The molecule has 2 atom stereocenters. The lowest BCUT2D eigenvalue weighted by atomic mass is 10.2. The van der Waals surface area contributed by atoms with Gasteiger partial charge in [-0.05, 0) is 12.8 Å². The third-order valence-corrected chi connectivity index (χ3v) is 2.30. The van der Waals surface area contributed by atoms with Crippen molar-refractivity contribution in [2.45, 2.75) is 37.5 Å². The molecule has 2 aliphatic rings. The molecular formula is C8H13NO3. The van der Waals surface area contributed by atoms with Crippen LogP contribution in [-0.4, -0.2) is 35.9 Å². The second kappa shape index (κ2) is 3.03. The minimum Gasteiger partial charge on any atom is -0.480 e. The van der Waals surface area contributed by atoms with E-state index in [1.165, 1.54) is 0 Å². The fraction of sp³-hybridized carbons (Fsp3) is 0.875. The average molecular weight is 171 g/mol. The molecule has 1 saturated carbocycles. The maximum atomic E-state index is 10.5. The van der Waals surface area contributed by atoms with Crippen LogP contribution in [0.3, 0.4) is 0 Å². The number of hydrogen-bond acceptors (Lipinski definition) is 3. The van der Waals surface area contributed by atoms with Crippen LogP contribution in [0.4, 0.5) is 0 Å². The van der Waals surface area contributed by atoms with Gasteiger partial charge in [-0.25, -0.2) is 0 Å². The summed E-state index contributed by atoms with van der Waals surface area (Å²) in [6.45, 7) is 0.688. The zero-order valence-electron chi connectivity index (χ0n) is 6.82. The van der Waals surface area contributed by atoms with E-state index in [0.717, 1.165) is 12.8 Å². The summed E-state index contributed by atoms with van der Waals surface area (Å²) in [5.74, 6) is -0.767. The predicted octanol–water partition coefficient (Wildman–Crippen LogP) is -0.0195. The highest BCUT2D eigenvalue weighted by molar-refractivity contribution is 5.73. The van der Waals surface area contributed by atoms with Crippen molar-refractivity contribution in [3.63, 3.8) is 0 Å². The minimum absolute atomic E-state index is 0.124. The maximum absolute atomic E-state index is 10.5. The molecule has 0 aromatic rings. The largest absolute Gasteiger partial charge is 0.480 e. The van der Waals surface area contributed by atoms with Gasteiger partial charge >= 0.3 is 5.97 Å². The molecule has 12 heavy (non-hydrogen) atoms. The van der Waals surface area contributed by atoms with Gasteiger partial charge in [0, 0.05) is 13.0 Å². The number of rotatable bonds is 3. The van der Waals surface area contributed by atoms with E-state index in [4.69, 9.17) is 9.84 Å². The molecule has 0 bridgehead atoms. The van der Waals surface area contributed by atoms with Crippen molar-refractivity contribution < 1.29 is 14.6 Å². The second-order valence-corrected chi connectivity index (χ2v) is 3.49.